The molecule has 3 aromatic rings. The number of aromatic nitrogens is 1. The fourth-order valence-corrected chi connectivity index (χ4v) is 4.99. The number of amides is 1. The summed E-state index contributed by atoms with van der Waals surface area (Å²) in [5.41, 5.74) is 2.16. The first-order valence-corrected chi connectivity index (χ1v) is 11.9. The molecule has 0 N–H and O–H groups in total. The van der Waals surface area contributed by atoms with Crippen LogP contribution in [0.15, 0.2) is 58.4 Å². The Hall–Kier alpha value is -2.38. The van der Waals surface area contributed by atoms with E-state index in [4.69, 9.17) is 4.74 Å². The molecule has 1 aromatic heterocycles. The van der Waals surface area contributed by atoms with Gasteiger partial charge in [-0.25, -0.2) is 0 Å². The minimum atomic E-state index is -0.363. The van der Waals surface area contributed by atoms with Gasteiger partial charge in [0.1, 0.15) is 6.54 Å². The number of rotatable bonds is 9. The Labute approximate surface area is 184 Å². The van der Waals surface area contributed by atoms with Crippen LogP contribution in [0.25, 0.3) is 10.2 Å². The van der Waals surface area contributed by atoms with Gasteiger partial charge in [-0.1, -0.05) is 48.9 Å². The summed E-state index contributed by atoms with van der Waals surface area (Å²) in [4.78, 5) is 30.4. The van der Waals surface area contributed by atoms with Gasteiger partial charge in [0.15, 0.2) is 4.80 Å². The fourth-order valence-electron chi connectivity index (χ4n) is 3.02. The first-order chi connectivity index (χ1) is 14.6. The van der Waals surface area contributed by atoms with Crippen LogP contribution < -0.4 is 4.80 Å². The number of fused-ring (bicyclic) bond motifs is 1. The van der Waals surface area contributed by atoms with Crippen molar-refractivity contribution in [2.45, 2.75) is 44.0 Å². The molecular weight excluding hydrogens is 416 g/mol. The Morgan fingerprint density at radius 3 is 2.70 bits per heavy atom. The van der Waals surface area contributed by atoms with E-state index in [9.17, 15) is 9.59 Å². The van der Waals surface area contributed by atoms with Crippen LogP contribution in [0.4, 0.5) is 0 Å². The number of esters is 1. The van der Waals surface area contributed by atoms with Gasteiger partial charge in [0.25, 0.3) is 0 Å². The molecule has 0 saturated heterocycles. The fraction of sp³-hybridized carbons (Fsp3) is 0.348. The number of hydrogen-bond acceptors (Lipinski definition) is 5. The van der Waals surface area contributed by atoms with E-state index in [1.165, 1.54) is 24.0 Å². The van der Waals surface area contributed by atoms with Crippen LogP contribution in [-0.2, 0) is 27.3 Å². The molecule has 0 unspecified atom stereocenters. The topological polar surface area (TPSA) is 60.7 Å². The smallest absolute Gasteiger partial charge is 0.325 e. The van der Waals surface area contributed by atoms with E-state index in [1.807, 2.05) is 36.4 Å². The molecule has 3 rings (SSSR count). The molecule has 0 aliphatic heterocycles. The SMILES string of the molecule is CCCCc1ccc2c(c1)sc(=NC(=O)CCSc1ccccc1)n2CC(=O)OC. The van der Waals surface area contributed by atoms with Crippen molar-refractivity contribution in [1.82, 2.24) is 4.57 Å². The lowest BCUT2D eigenvalue weighted by Gasteiger charge is -2.05. The predicted octanol–water partition coefficient (Wildman–Crippen LogP) is 4.83. The van der Waals surface area contributed by atoms with Crippen LogP contribution in [0, 0.1) is 0 Å². The molecule has 0 bridgehead atoms. The zero-order valence-electron chi connectivity index (χ0n) is 17.3. The first kappa shape index (κ1) is 22.3. The van der Waals surface area contributed by atoms with E-state index in [-0.39, 0.29) is 18.4 Å². The standard InChI is InChI=1S/C23H26N2O3S2/c1-3-4-8-17-11-12-19-20(15-17)30-23(25(19)16-22(27)28-2)24-21(26)13-14-29-18-9-6-5-7-10-18/h5-7,9-12,15H,3-4,8,13-14,16H2,1-2H3. The third-order valence-corrected chi connectivity index (χ3v) is 6.68. The third kappa shape index (κ3) is 6.06. The second-order valence-corrected chi connectivity index (χ2v) is 9.05. The van der Waals surface area contributed by atoms with Gasteiger partial charge >= 0.3 is 5.97 Å². The molecule has 0 atom stereocenters. The highest BCUT2D eigenvalue weighted by molar-refractivity contribution is 7.99. The van der Waals surface area contributed by atoms with Crippen molar-refractivity contribution in [1.29, 1.82) is 0 Å². The number of hydrogen-bond donors (Lipinski definition) is 0. The van der Waals surface area contributed by atoms with Crippen LogP contribution in [0.2, 0.25) is 0 Å². The number of aryl methyl sites for hydroxylation is 1. The number of carbonyl (C=O) groups is 2. The molecule has 1 amide bonds. The van der Waals surface area contributed by atoms with Gasteiger partial charge in [0.05, 0.1) is 17.3 Å². The average Bonchev–Trinajstić information content (AvgIpc) is 3.08. The first-order valence-electron chi connectivity index (χ1n) is 10.0. The molecule has 0 saturated carbocycles. The lowest BCUT2D eigenvalue weighted by atomic mass is 10.1. The molecular formula is C23H26N2O3S2. The maximum atomic E-state index is 12.5. The van der Waals surface area contributed by atoms with Crippen molar-refractivity contribution in [3.8, 4) is 0 Å². The van der Waals surface area contributed by atoms with Gasteiger partial charge in [0.2, 0.25) is 5.91 Å². The lowest BCUT2D eigenvalue weighted by molar-refractivity contribution is -0.141. The van der Waals surface area contributed by atoms with E-state index in [0.29, 0.717) is 17.0 Å². The summed E-state index contributed by atoms with van der Waals surface area (Å²) >= 11 is 3.08. The highest BCUT2D eigenvalue weighted by Crippen LogP contribution is 2.21. The maximum absolute atomic E-state index is 12.5. The van der Waals surface area contributed by atoms with Crippen LogP contribution in [0.1, 0.15) is 31.7 Å². The molecule has 30 heavy (non-hydrogen) atoms. The third-order valence-electron chi connectivity index (χ3n) is 4.63. The number of unbranched alkanes of at least 4 members (excludes halogenated alkanes) is 1. The number of thioether (sulfide) groups is 1. The predicted molar refractivity (Wildman–Crippen MR) is 123 cm³/mol. The molecule has 7 heteroatoms. The molecule has 0 aliphatic carbocycles. The summed E-state index contributed by atoms with van der Waals surface area (Å²) in [5.74, 6) is 0.114. The van der Waals surface area contributed by atoms with Gasteiger partial charge < -0.3 is 9.30 Å². The van der Waals surface area contributed by atoms with Crippen molar-refractivity contribution < 1.29 is 14.3 Å². The molecule has 0 aliphatic rings. The van der Waals surface area contributed by atoms with Crippen LogP contribution in [0.3, 0.4) is 0 Å². The van der Waals surface area contributed by atoms with Gasteiger partial charge in [-0.15, -0.1) is 11.8 Å². The molecule has 0 spiro atoms. The molecule has 2 aromatic carbocycles. The van der Waals surface area contributed by atoms with E-state index in [2.05, 4.69) is 24.0 Å². The number of ether oxygens (including phenoxy) is 1. The Balaban J connectivity index is 1.82. The Kier molecular flexibility index (Phi) is 8.28. The monoisotopic (exact) mass is 442 g/mol. The Bertz CT molecular complexity index is 1070. The van der Waals surface area contributed by atoms with Crippen molar-refractivity contribution >= 4 is 45.2 Å². The Morgan fingerprint density at radius 1 is 1.17 bits per heavy atom. The van der Waals surface area contributed by atoms with Crippen molar-refractivity contribution in [2.75, 3.05) is 12.9 Å². The minimum absolute atomic E-state index is 0.0374. The zero-order chi connectivity index (χ0) is 21.3. The average molecular weight is 443 g/mol. The van der Waals surface area contributed by atoms with E-state index in [0.717, 1.165) is 34.4 Å². The molecule has 0 radical (unpaired) electrons. The van der Waals surface area contributed by atoms with Crippen molar-refractivity contribution in [3.63, 3.8) is 0 Å². The summed E-state index contributed by atoms with van der Waals surface area (Å²) in [7, 11) is 1.36. The second kappa shape index (κ2) is 11.1. The summed E-state index contributed by atoms with van der Waals surface area (Å²) in [6.07, 6.45) is 3.63. The number of carbonyl (C=O) groups excluding carboxylic acids is 2. The molecule has 5 nitrogen and oxygen atoms in total. The number of benzene rings is 2. The Morgan fingerprint density at radius 2 is 1.97 bits per heavy atom. The zero-order valence-corrected chi connectivity index (χ0v) is 18.9. The van der Waals surface area contributed by atoms with Gasteiger partial charge in [-0.3, -0.25) is 9.59 Å². The van der Waals surface area contributed by atoms with Crippen LogP contribution >= 0.6 is 23.1 Å². The number of nitrogens with zero attached hydrogens (tertiary/aromatic N) is 2. The summed E-state index contributed by atoms with van der Waals surface area (Å²) < 4.78 is 7.64. The minimum Gasteiger partial charge on any atom is -0.468 e. The molecule has 158 valence electrons. The largest absolute Gasteiger partial charge is 0.468 e. The summed E-state index contributed by atoms with van der Waals surface area (Å²) in [5, 5.41) is 0. The normalized spacial score (nSPS) is 11.7. The quantitative estimate of drug-likeness (QED) is 0.352. The van der Waals surface area contributed by atoms with Crippen LogP contribution in [-0.4, -0.2) is 29.3 Å². The molecule has 0 fully saturated rings. The number of thiazole rings is 1. The highest BCUT2D eigenvalue weighted by Gasteiger charge is 2.12. The molecule has 1 heterocycles. The van der Waals surface area contributed by atoms with Gasteiger partial charge in [0, 0.05) is 17.1 Å². The lowest BCUT2D eigenvalue weighted by Crippen LogP contribution is -2.22. The van der Waals surface area contributed by atoms with E-state index < -0.39 is 0 Å². The number of methoxy groups -OCH3 is 1. The van der Waals surface area contributed by atoms with E-state index >= 15 is 0 Å². The maximum Gasteiger partial charge on any atom is 0.325 e. The van der Waals surface area contributed by atoms with Crippen molar-refractivity contribution in [3.05, 3.63) is 58.9 Å². The van der Waals surface area contributed by atoms with E-state index in [1.54, 1.807) is 16.3 Å². The highest BCUT2D eigenvalue weighted by atomic mass is 32.2. The summed E-state index contributed by atoms with van der Waals surface area (Å²) in [6.45, 7) is 2.21. The second-order valence-electron chi connectivity index (χ2n) is 6.87. The van der Waals surface area contributed by atoms with Crippen LogP contribution in [0.5, 0.6) is 0 Å². The summed E-state index contributed by atoms with van der Waals surface area (Å²) in [6, 6.07) is 16.2. The van der Waals surface area contributed by atoms with Gasteiger partial charge in [-0.05, 0) is 42.7 Å². The van der Waals surface area contributed by atoms with Crippen molar-refractivity contribution in [2.24, 2.45) is 4.99 Å². The van der Waals surface area contributed by atoms with Gasteiger partial charge in [-0.2, -0.15) is 4.99 Å².